The number of rotatable bonds is 2. The minimum Gasteiger partial charge on any atom is -0.243 e. The van der Waals surface area contributed by atoms with Crippen molar-refractivity contribution in [2.75, 3.05) is 0 Å². The van der Waals surface area contributed by atoms with Crippen LogP contribution in [0.4, 0.5) is 0 Å². The van der Waals surface area contributed by atoms with Gasteiger partial charge in [0.25, 0.3) is 0 Å². The van der Waals surface area contributed by atoms with Gasteiger partial charge in [-0.25, -0.2) is 9.97 Å². The Kier molecular flexibility index (Phi) is 4.16. The molecule has 0 saturated carbocycles. The van der Waals surface area contributed by atoms with E-state index in [2.05, 4.69) is 73.2 Å². The van der Waals surface area contributed by atoms with E-state index in [1.165, 1.54) is 29.9 Å². The fourth-order valence-corrected chi connectivity index (χ4v) is 5.62. The molecule has 0 fully saturated rings. The third kappa shape index (κ3) is 3.12. The van der Waals surface area contributed by atoms with Gasteiger partial charge in [0.05, 0.1) is 20.1 Å². The van der Waals surface area contributed by atoms with Crippen molar-refractivity contribution < 1.29 is 0 Å². The van der Waals surface area contributed by atoms with Gasteiger partial charge in [0.2, 0.25) is 0 Å². The zero-order valence-electron chi connectivity index (χ0n) is 14.9. The van der Waals surface area contributed by atoms with Gasteiger partial charge in [-0.1, -0.05) is 12.1 Å². The molecule has 0 aliphatic carbocycles. The molecule has 0 unspecified atom stereocenters. The monoisotopic (exact) mass is 404 g/mol. The summed E-state index contributed by atoms with van der Waals surface area (Å²) in [6, 6.07) is 12.7. The molecular formula is C22H16N2S3. The first-order valence-corrected chi connectivity index (χ1v) is 11.2. The summed E-state index contributed by atoms with van der Waals surface area (Å²) in [6.07, 6.45) is 4.45. The smallest absolute Gasteiger partial charge is 0.108 e. The molecular weight excluding hydrogens is 388 g/mol. The minimum atomic E-state index is 0.965. The van der Waals surface area contributed by atoms with E-state index in [1.54, 1.807) is 34.0 Å². The van der Waals surface area contributed by atoms with E-state index in [9.17, 15) is 0 Å². The summed E-state index contributed by atoms with van der Waals surface area (Å²) in [7, 11) is 0. The second kappa shape index (κ2) is 6.68. The van der Waals surface area contributed by atoms with Crippen LogP contribution in [-0.2, 0) is 0 Å². The molecule has 0 aliphatic heterocycles. The Morgan fingerprint density at radius 2 is 1.22 bits per heavy atom. The summed E-state index contributed by atoms with van der Waals surface area (Å²) in [6.45, 7) is 4.26. The van der Waals surface area contributed by atoms with Crippen molar-refractivity contribution in [1.82, 2.24) is 9.97 Å². The van der Waals surface area contributed by atoms with Crippen LogP contribution in [0.3, 0.4) is 0 Å². The molecule has 2 nitrogen and oxygen atoms in total. The molecule has 0 radical (unpaired) electrons. The summed E-state index contributed by atoms with van der Waals surface area (Å²) in [5, 5.41) is 4.21. The molecule has 5 heteroatoms. The molecule has 0 aliphatic rings. The van der Waals surface area contributed by atoms with Gasteiger partial charge >= 0.3 is 0 Å². The number of fused-ring (bicyclic) bond motifs is 2. The lowest BCUT2D eigenvalue weighted by Crippen LogP contribution is -1.99. The van der Waals surface area contributed by atoms with E-state index in [0.717, 1.165) is 22.1 Å². The van der Waals surface area contributed by atoms with Crippen molar-refractivity contribution in [3.05, 3.63) is 77.1 Å². The summed E-state index contributed by atoms with van der Waals surface area (Å²) in [5.41, 5.74) is 6.42. The molecule has 5 rings (SSSR count). The zero-order valence-corrected chi connectivity index (χ0v) is 17.3. The molecule has 0 spiro atoms. The summed E-state index contributed by atoms with van der Waals surface area (Å²) >= 11 is 5.25. The van der Waals surface area contributed by atoms with Gasteiger partial charge in [0.1, 0.15) is 11.0 Å². The topological polar surface area (TPSA) is 25.8 Å². The highest BCUT2D eigenvalue weighted by Crippen LogP contribution is 2.19. The predicted octanol–water partition coefficient (Wildman–Crippen LogP) is 5.24. The molecule has 0 N–H and O–H groups in total. The predicted molar refractivity (Wildman–Crippen MR) is 119 cm³/mol. The average molecular weight is 405 g/mol. The van der Waals surface area contributed by atoms with E-state index in [0.29, 0.717) is 0 Å². The lowest BCUT2D eigenvalue weighted by Gasteiger charge is -2.03. The first-order chi connectivity index (χ1) is 13.2. The highest BCUT2D eigenvalue weighted by atomic mass is 32.1. The quantitative estimate of drug-likeness (QED) is 0.402. The fourth-order valence-electron chi connectivity index (χ4n) is 3.07. The Hall–Kier alpha value is -2.34. The number of hydrogen-bond donors (Lipinski definition) is 0. The van der Waals surface area contributed by atoms with Crippen LogP contribution in [0.5, 0.6) is 0 Å². The van der Waals surface area contributed by atoms with Crippen molar-refractivity contribution in [2.45, 2.75) is 13.8 Å². The number of aromatic nitrogens is 2. The fraction of sp³-hybridized carbons (Fsp3) is 0.0909. The summed E-state index contributed by atoms with van der Waals surface area (Å²) in [4.78, 5) is 12.5. The number of benzene rings is 1. The Balaban J connectivity index is 1.89. The first-order valence-electron chi connectivity index (χ1n) is 8.65. The number of hydrogen-bond acceptors (Lipinski definition) is 5. The van der Waals surface area contributed by atoms with Crippen LogP contribution >= 0.6 is 34.0 Å². The number of thiophene rings is 3. The maximum atomic E-state index is 5.01. The number of nitrogens with zero attached hydrogens (tertiary/aromatic N) is 2. The molecule has 27 heavy (non-hydrogen) atoms. The lowest BCUT2D eigenvalue weighted by molar-refractivity contribution is 1.32. The van der Waals surface area contributed by atoms with Gasteiger partial charge in [-0.05, 0) is 72.2 Å². The third-order valence-corrected chi connectivity index (χ3v) is 7.30. The van der Waals surface area contributed by atoms with Crippen LogP contribution in [-0.4, -0.2) is 9.97 Å². The van der Waals surface area contributed by atoms with Crippen molar-refractivity contribution in [3.8, 4) is 0 Å². The van der Waals surface area contributed by atoms with Crippen LogP contribution in [0.15, 0.2) is 47.2 Å². The normalized spacial score (nSPS) is 13.3. The summed E-state index contributed by atoms with van der Waals surface area (Å²) < 4.78 is 2.34. The van der Waals surface area contributed by atoms with E-state index in [4.69, 9.17) is 9.97 Å². The molecule has 4 heterocycles. The molecule has 1 aromatic carbocycles. The van der Waals surface area contributed by atoms with Crippen LogP contribution in [0.1, 0.15) is 20.9 Å². The van der Waals surface area contributed by atoms with Crippen LogP contribution in [0, 0.1) is 13.8 Å². The van der Waals surface area contributed by atoms with Crippen LogP contribution < -0.4 is 9.06 Å². The second-order valence-corrected chi connectivity index (χ2v) is 9.54. The maximum absolute atomic E-state index is 5.01. The highest BCUT2D eigenvalue weighted by molar-refractivity contribution is 7.12. The van der Waals surface area contributed by atoms with Crippen molar-refractivity contribution in [1.29, 1.82) is 0 Å². The molecule has 4 aromatic heterocycles. The van der Waals surface area contributed by atoms with Gasteiger partial charge in [-0.3, -0.25) is 0 Å². The molecule has 0 amide bonds. The van der Waals surface area contributed by atoms with Gasteiger partial charge in [0.15, 0.2) is 0 Å². The highest BCUT2D eigenvalue weighted by Gasteiger charge is 2.09. The van der Waals surface area contributed by atoms with Gasteiger partial charge in [-0.2, -0.15) is 0 Å². The second-order valence-electron chi connectivity index (χ2n) is 6.50. The Bertz CT molecular complexity index is 1270. The minimum absolute atomic E-state index is 0.965. The molecule has 0 atom stereocenters. The van der Waals surface area contributed by atoms with E-state index < -0.39 is 0 Å². The van der Waals surface area contributed by atoms with E-state index in [1.807, 2.05) is 0 Å². The van der Waals surface area contributed by atoms with Gasteiger partial charge in [-0.15, -0.1) is 34.0 Å². The van der Waals surface area contributed by atoms with Crippen molar-refractivity contribution >= 4 is 68.2 Å². The van der Waals surface area contributed by atoms with Crippen molar-refractivity contribution in [3.63, 3.8) is 0 Å². The van der Waals surface area contributed by atoms with Gasteiger partial charge in [0, 0.05) is 9.75 Å². The van der Waals surface area contributed by atoms with Crippen molar-refractivity contribution in [2.24, 2.45) is 0 Å². The molecule has 0 bridgehead atoms. The standard InChI is InChI=1S/C22H16N2S3/c1-13-9-17-18(10-14(13)2)24-22-20(12-16-6-4-8-26-16)27-19(21(22)23-17)11-15-5-3-7-25-15/h3-12H,1-2H3/b19-11-,20-12-. The maximum Gasteiger partial charge on any atom is 0.108 e. The molecule has 5 aromatic rings. The first kappa shape index (κ1) is 16.8. The SMILES string of the molecule is Cc1cc2nc3/c(=C/c4cccs4)s/c(=C\c4cccs4)c3nc2cc1C. The Morgan fingerprint density at radius 1 is 0.741 bits per heavy atom. The number of aryl methyl sites for hydroxylation is 2. The van der Waals surface area contributed by atoms with E-state index in [-0.39, 0.29) is 0 Å². The zero-order chi connectivity index (χ0) is 18.4. The Morgan fingerprint density at radius 3 is 1.63 bits per heavy atom. The third-order valence-electron chi connectivity index (χ3n) is 4.60. The Labute approximate surface area is 168 Å². The summed E-state index contributed by atoms with van der Waals surface area (Å²) in [5.74, 6) is 0. The van der Waals surface area contributed by atoms with Crippen LogP contribution in [0.2, 0.25) is 0 Å². The largest absolute Gasteiger partial charge is 0.243 e. The van der Waals surface area contributed by atoms with Crippen LogP contribution in [0.25, 0.3) is 34.2 Å². The van der Waals surface area contributed by atoms with Gasteiger partial charge < -0.3 is 0 Å². The lowest BCUT2D eigenvalue weighted by atomic mass is 10.1. The molecule has 132 valence electrons. The molecule has 0 saturated heterocycles. The average Bonchev–Trinajstić information content (AvgIpc) is 3.39. The van der Waals surface area contributed by atoms with E-state index >= 15 is 0 Å².